The minimum atomic E-state index is -0.143. The van der Waals surface area contributed by atoms with Crippen LogP contribution in [0.1, 0.15) is 77.6 Å². The number of hydrogen-bond donors (Lipinski definition) is 1. The number of anilines is 1. The predicted octanol–water partition coefficient (Wildman–Crippen LogP) is 4.85. The van der Waals surface area contributed by atoms with Crippen molar-refractivity contribution >= 4 is 28.3 Å². The van der Waals surface area contributed by atoms with Crippen molar-refractivity contribution in [3.05, 3.63) is 11.6 Å². The summed E-state index contributed by atoms with van der Waals surface area (Å²) in [5, 5.41) is 5.23. The molecule has 0 saturated heterocycles. The number of unbranched alkanes of at least 4 members (excludes halogenated alkanes) is 4. The third kappa shape index (κ3) is 7.85. The molecule has 0 aliphatic heterocycles. The fourth-order valence-corrected chi connectivity index (χ4v) is 4.14. The van der Waals surface area contributed by atoms with Crippen molar-refractivity contribution in [2.45, 2.75) is 77.6 Å². The molecule has 2 rings (SSSR count). The Balaban J connectivity index is 1.84. The highest BCUT2D eigenvalue weighted by molar-refractivity contribution is 7.13. The van der Waals surface area contributed by atoms with Gasteiger partial charge in [0.05, 0.1) is 6.54 Å². The normalized spacial score (nSPS) is 15.0. The zero-order chi connectivity index (χ0) is 18.6. The second-order valence-electron chi connectivity index (χ2n) is 7.33. The van der Waals surface area contributed by atoms with E-state index >= 15 is 0 Å². The van der Waals surface area contributed by atoms with E-state index in [0.29, 0.717) is 17.5 Å². The van der Waals surface area contributed by atoms with Crippen molar-refractivity contribution in [1.82, 2.24) is 9.88 Å². The molecule has 26 heavy (non-hydrogen) atoms. The monoisotopic (exact) mass is 379 g/mol. The largest absolute Gasteiger partial charge is 0.333 e. The number of nitrogens with zero attached hydrogens (tertiary/aromatic N) is 2. The maximum atomic E-state index is 12.7. The summed E-state index contributed by atoms with van der Waals surface area (Å²) in [7, 11) is 0. The summed E-state index contributed by atoms with van der Waals surface area (Å²) in [5.74, 6) is 0.525. The van der Waals surface area contributed by atoms with Gasteiger partial charge < -0.3 is 10.2 Å². The van der Waals surface area contributed by atoms with Gasteiger partial charge in [-0.3, -0.25) is 9.59 Å². The van der Waals surface area contributed by atoms with Gasteiger partial charge in [-0.15, -0.1) is 11.3 Å². The van der Waals surface area contributed by atoms with Crippen LogP contribution in [0.2, 0.25) is 0 Å². The summed E-state index contributed by atoms with van der Waals surface area (Å²) >= 11 is 1.40. The molecule has 6 heteroatoms. The Bertz CT molecular complexity index is 527. The molecular formula is C20H33N3O2S. The van der Waals surface area contributed by atoms with Crippen molar-refractivity contribution in [3.8, 4) is 0 Å². The average molecular weight is 380 g/mol. The number of carbonyl (C=O) groups is 2. The highest BCUT2D eigenvalue weighted by Gasteiger charge is 2.23. The summed E-state index contributed by atoms with van der Waals surface area (Å²) in [5.41, 5.74) is 0. The van der Waals surface area contributed by atoms with Crippen LogP contribution < -0.4 is 5.32 Å². The van der Waals surface area contributed by atoms with E-state index in [9.17, 15) is 9.59 Å². The van der Waals surface area contributed by atoms with Gasteiger partial charge in [-0.2, -0.15) is 0 Å². The predicted molar refractivity (Wildman–Crippen MR) is 107 cm³/mol. The Morgan fingerprint density at radius 1 is 1.19 bits per heavy atom. The number of rotatable bonds is 11. The maximum Gasteiger partial charge on any atom is 0.245 e. The van der Waals surface area contributed by atoms with Crippen LogP contribution in [-0.2, 0) is 9.59 Å². The Kier molecular flexibility index (Phi) is 9.67. The molecule has 1 fully saturated rings. The third-order valence-corrected chi connectivity index (χ3v) is 5.75. The fourth-order valence-electron chi connectivity index (χ4n) is 3.59. The summed E-state index contributed by atoms with van der Waals surface area (Å²) in [6.07, 6.45) is 14.0. The first-order valence-corrected chi connectivity index (χ1v) is 11.0. The van der Waals surface area contributed by atoms with Gasteiger partial charge in [0.25, 0.3) is 0 Å². The number of amides is 2. The molecule has 5 nitrogen and oxygen atoms in total. The third-order valence-electron chi connectivity index (χ3n) is 5.06. The molecule has 1 aliphatic carbocycles. The van der Waals surface area contributed by atoms with Gasteiger partial charge in [-0.05, 0) is 25.2 Å². The number of thiazole rings is 1. The molecule has 0 spiro atoms. The molecule has 0 unspecified atom stereocenters. The highest BCUT2D eigenvalue weighted by Crippen LogP contribution is 2.25. The Labute approximate surface area is 161 Å². The molecule has 146 valence electrons. The molecule has 1 aromatic heterocycles. The Morgan fingerprint density at radius 3 is 2.65 bits per heavy atom. The summed E-state index contributed by atoms with van der Waals surface area (Å²) < 4.78 is 0. The summed E-state index contributed by atoms with van der Waals surface area (Å²) in [4.78, 5) is 30.9. The fraction of sp³-hybridized carbons (Fsp3) is 0.750. The van der Waals surface area contributed by atoms with E-state index in [0.717, 1.165) is 19.4 Å². The van der Waals surface area contributed by atoms with Gasteiger partial charge in [0.2, 0.25) is 11.8 Å². The standard InChI is InChI=1S/C20H33N3O2S/c1-2-3-4-5-9-12-19(25)23(15-17-10-7-6-8-11-17)16-18(24)22-20-21-13-14-26-20/h13-14,17H,2-12,15-16H2,1H3,(H,21,22,24). The van der Waals surface area contributed by atoms with Crippen LogP contribution in [0.4, 0.5) is 5.13 Å². The Hall–Kier alpha value is -1.43. The minimum absolute atomic E-state index is 0.126. The number of hydrogen-bond acceptors (Lipinski definition) is 4. The number of aromatic nitrogens is 1. The van der Waals surface area contributed by atoms with E-state index < -0.39 is 0 Å². The van der Waals surface area contributed by atoms with Crippen LogP contribution >= 0.6 is 11.3 Å². The van der Waals surface area contributed by atoms with E-state index in [1.807, 2.05) is 5.38 Å². The Morgan fingerprint density at radius 2 is 1.96 bits per heavy atom. The lowest BCUT2D eigenvalue weighted by atomic mass is 9.89. The number of carbonyl (C=O) groups excluding carboxylic acids is 2. The van der Waals surface area contributed by atoms with Crippen LogP contribution in [0, 0.1) is 5.92 Å². The molecule has 0 bridgehead atoms. The van der Waals surface area contributed by atoms with Crippen LogP contribution in [0.15, 0.2) is 11.6 Å². The lowest BCUT2D eigenvalue weighted by Gasteiger charge is -2.29. The lowest BCUT2D eigenvalue weighted by Crippen LogP contribution is -2.41. The van der Waals surface area contributed by atoms with Crippen LogP contribution in [0.3, 0.4) is 0 Å². The van der Waals surface area contributed by atoms with Crippen molar-refractivity contribution in [2.75, 3.05) is 18.4 Å². The van der Waals surface area contributed by atoms with Gasteiger partial charge in [-0.1, -0.05) is 51.9 Å². The topological polar surface area (TPSA) is 62.3 Å². The van der Waals surface area contributed by atoms with Crippen molar-refractivity contribution in [2.24, 2.45) is 5.92 Å². The van der Waals surface area contributed by atoms with E-state index in [4.69, 9.17) is 0 Å². The second-order valence-corrected chi connectivity index (χ2v) is 8.22. The minimum Gasteiger partial charge on any atom is -0.333 e. The first kappa shape index (κ1) is 20.9. The van der Waals surface area contributed by atoms with E-state index in [1.165, 1.54) is 62.7 Å². The van der Waals surface area contributed by atoms with E-state index in [-0.39, 0.29) is 18.4 Å². The van der Waals surface area contributed by atoms with Crippen LogP contribution in [-0.4, -0.2) is 34.8 Å². The lowest BCUT2D eigenvalue weighted by molar-refractivity contribution is -0.135. The molecule has 1 N–H and O–H groups in total. The molecule has 1 saturated carbocycles. The van der Waals surface area contributed by atoms with Gasteiger partial charge >= 0.3 is 0 Å². The van der Waals surface area contributed by atoms with Gasteiger partial charge in [0, 0.05) is 24.5 Å². The molecule has 1 aromatic rings. The smallest absolute Gasteiger partial charge is 0.245 e. The summed E-state index contributed by atoms with van der Waals surface area (Å²) in [6, 6.07) is 0. The van der Waals surface area contributed by atoms with Gasteiger partial charge in [0.15, 0.2) is 5.13 Å². The summed E-state index contributed by atoms with van der Waals surface area (Å²) in [6.45, 7) is 3.06. The zero-order valence-electron chi connectivity index (χ0n) is 16.0. The van der Waals surface area contributed by atoms with Crippen molar-refractivity contribution in [1.29, 1.82) is 0 Å². The molecular weight excluding hydrogens is 346 g/mol. The van der Waals surface area contributed by atoms with Gasteiger partial charge in [0.1, 0.15) is 0 Å². The molecule has 1 heterocycles. The molecule has 0 atom stereocenters. The molecule has 0 aromatic carbocycles. The quantitative estimate of drug-likeness (QED) is 0.559. The second kappa shape index (κ2) is 12.0. The highest BCUT2D eigenvalue weighted by atomic mass is 32.1. The first-order chi connectivity index (χ1) is 12.7. The van der Waals surface area contributed by atoms with Crippen LogP contribution in [0.25, 0.3) is 0 Å². The number of nitrogens with one attached hydrogen (secondary N) is 1. The zero-order valence-corrected chi connectivity index (χ0v) is 16.9. The molecule has 1 aliphatic rings. The molecule has 2 amide bonds. The van der Waals surface area contributed by atoms with E-state index in [1.54, 1.807) is 11.1 Å². The van der Waals surface area contributed by atoms with Crippen LogP contribution in [0.5, 0.6) is 0 Å². The van der Waals surface area contributed by atoms with Crippen molar-refractivity contribution in [3.63, 3.8) is 0 Å². The average Bonchev–Trinajstić information content (AvgIpc) is 3.14. The SMILES string of the molecule is CCCCCCCC(=O)N(CC(=O)Nc1nccs1)CC1CCCCC1. The molecule has 0 radical (unpaired) electrons. The van der Waals surface area contributed by atoms with E-state index in [2.05, 4.69) is 17.2 Å². The van der Waals surface area contributed by atoms with Gasteiger partial charge in [-0.25, -0.2) is 4.98 Å². The van der Waals surface area contributed by atoms with Crippen molar-refractivity contribution < 1.29 is 9.59 Å². The maximum absolute atomic E-state index is 12.7. The first-order valence-electron chi connectivity index (χ1n) is 10.2.